The summed E-state index contributed by atoms with van der Waals surface area (Å²) in [4.78, 5) is 15.5. The molecule has 0 radical (unpaired) electrons. The van der Waals surface area contributed by atoms with Crippen molar-refractivity contribution in [2.45, 2.75) is 19.4 Å². The molecule has 0 saturated carbocycles. The summed E-state index contributed by atoms with van der Waals surface area (Å²) in [5.41, 5.74) is 6.64. The number of benzene rings is 1. The first kappa shape index (κ1) is 13.3. The number of nitrogens with zero attached hydrogens (tertiary/aromatic N) is 1. The van der Waals surface area contributed by atoms with Gasteiger partial charge in [0.2, 0.25) is 0 Å². The van der Waals surface area contributed by atoms with Crippen molar-refractivity contribution in [2.24, 2.45) is 5.73 Å². The van der Waals surface area contributed by atoms with Crippen LogP contribution in [-0.2, 0) is 16.0 Å². The van der Waals surface area contributed by atoms with E-state index in [9.17, 15) is 4.79 Å². The molecular formula is C14H16N2O3. The van der Waals surface area contributed by atoms with Crippen LogP contribution in [0.3, 0.4) is 0 Å². The van der Waals surface area contributed by atoms with Gasteiger partial charge < -0.3 is 14.9 Å². The highest BCUT2D eigenvalue weighted by Gasteiger charge is 2.18. The number of oxazole rings is 1. The number of nitrogens with two attached hydrogens (primary N) is 1. The monoisotopic (exact) mass is 260 g/mol. The molecule has 0 fully saturated rings. The van der Waals surface area contributed by atoms with Crippen molar-refractivity contribution in [1.82, 2.24) is 4.98 Å². The Kier molecular flexibility index (Phi) is 4.30. The van der Waals surface area contributed by atoms with E-state index in [0.717, 1.165) is 5.56 Å². The van der Waals surface area contributed by atoms with E-state index in [1.54, 1.807) is 13.1 Å². The lowest BCUT2D eigenvalue weighted by Crippen LogP contribution is -2.34. The fourth-order valence-corrected chi connectivity index (χ4v) is 1.66. The van der Waals surface area contributed by atoms with Crippen molar-refractivity contribution < 1.29 is 13.9 Å². The van der Waals surface area contributed by atoms with Gasteiger partial charge in [-0.3, -0.25) is 4.79 Å². The predicted octanol–water partition coefficient (Wildman–Crippen LogP) is 1.77. The van der Waals surface area contributed by atoms with Crippen molar-refractivity contribution in [3.8, 4) is 11.3 Å². The Morgan fingerprint density at radius 1 is 1.42 bits per heavy atom. The molecule has 100 valence electrons. The fourth-order valence-electron chi connectivity index (χ4n) is 1.66. The summed E-state index contributed by atoms with van der Waals surface area (Å²) in [6.45, 7) is 2.05. The molecule has 0 saturated heterocycles. The highest BCUT2D eigenvalue weighted by Crippen LogP contribution is 2.20. The van der Waals surface area contributed by atoms with Crippen LogP contribution in [0.2, 0.25) is 0 Å². The number of rotatable bonds is 5. The first-order chi connectivity index (χ1) is 9.20. The minimum atomic E-state index is -0.748. The van der Waals surface area contributed by atoms with Crippen LogP contribution in [0, 0.1) is 0 Å². The highest BCUT2D eigenvalue weighted by molar-refractivity contribution is 5.75. The topological polar surface area (TPSA) is 78.4 Å². The Hall–Kier alpha value is -2.14. The van der Waals surface area contributed by atoms with Gasteiger partial charge in [0.1, 0.15) is 6.04 Å². The van der Waals surface area contributed by atoms with Crippen molar-refractivity contribution in [2.75, 3.05) is 6.61 Å². The Balaban J connectivity index is 2.04. The van der Waals surface area contributed by atoms with Crippen LogP contribution >= 0.6 is 0 Å². The normalized spacial score (nSPS) is 12.1. The van der Waals surface area contributed by atoms with Gasteiger partial charge in [0, 0.05) is 5.56 Å². The summed E-state index contributed by atoms with van der Waals surface area (Å²) in [7, 11) is 0. The fraction of sp³-hybridized carbons (Fsp3) is 0.286. The van der Waals surface area contributed by atoms with Crippen LogP contribution in [-0.4, -0.2) is 23.6 Å². The lowest BCUT2D eigenvalue weighted by molar-refractivity contribution is -0.144. The maximum atomic E-state index is 11.4. The van der Waals surface area contributed by atoms with Gasteiger partial charge in [0.05, 0.1) is 19.2 Å². The highest BCUT2D eigenvalue weighted by atomic mass is 16.5. The van der Waals surface area contributed by atoms with E-state index in [2.05, 4.69) is 4.98 Å². The maximum absolute atomic E-state index is 11.4. The van der Waals surface area contributed by atoms with Gasteiger partial charge in [-0.2, -0.15) is 0 Å². The standard InChI is InChI=1S/C14H16N2O3/c1-2-18-14(17)11(15)8-13-16-9-12(19-13)10-6-4-3-5-7-10/h3-7,9,11H,2,8,15H2,1H3. The van der Waals surface area contributed by atoms with Crippen LogP contribution in [0.5, 0.6) is 0 Å². The lowest BCUT2D eigenvalue weighted by atomic mass is 10.2. The average Bonchev–Trinajstić information content (AvgIpc) is 2.88. The second-order valence-corrected chi connectivity index (χ2v) is 4.05. The summed E-state index contributed by atoms with van der Waals surface area (Å²) in [5.74, 6) is 0.646. The Morgan fingerprint density at radius 3 is 2.84 bits per heavy atom. The molecule has 1 aromatic heterocycles. The Morgan fingerprint density at radius 2 is 2.16 bits per heavy atom. The van der Waals surface area contributed by atoms with E-state index in [1.165, 1.54) is 0 Å². The lowest BCUT2D eigenvalue weighted by Gasteiger charge is -2.07. The summed E-state index contributed by atoms with van der Waals surface area (Å²) < 4.78 is 10.4. The van der Waals surface area contributed by atoms with Gasteiger partial charge >= 0.3 is 5.97 Å². The summed E-state index contributed by atoms with van der Waals surface area (Å²) in [5, 5.41) is 0. The zero-order chi connectivity index (χ0) is 13.7. The maximum Gasteiger partial charge on any atom is 0.323 e. The van der Waals surface area contributed by atoms with Crippen LogP contribution in [0.25, 0.3) is 11.3 Å². The molecule has 0 amide bonds. The second kappa shape index (κ2) is 6.15. The van der Waals surface area contributed by atoms with Crippen LogP contribution < -0.4 is 5.73 Å². The molecule has 1 aromatic carbocycles. The Bertz CT molecular complexity index is 537. The van der Waals surface area contributed by atoms with Gasteiger partial charge in [-0.1, -0.05) is 30.3 Å². The van der Waals surface area contributed by atoms with Gasteiger partial charge in [0.15, 0.2) is 11.7 Å². The molecule has 2 aromatic rings. The molecule has 0 bridgehead atoms. The van der Waals surface area contributed by atoms with E-state index in [0.29, 0.717) is 18.3 Å². The quantitative estimate of drug-likeness (QED) is 0.829. The van der Waals surface area contributed by atoms with Crippen LogP contribution in [0.4, 0.5) is 0 Å². The zero-order valence-corrected chi connectivity index (χ0v) is 10.7. The minimum Gasteiger partial charge on any atom is -0.465 e. The van der Waals surface area contributed by atoms with Crippen molar-refractivity contribution >= 4 is 5.97 Å². The van der Waals surface area contributed by atoms with Crippen molar-refractivity contribution in [3.63, 3.8) is 0 Å². The molecule has 2 N–H and O–H groups in total. The van der Waals surface area contributed by atoms with E-state index >= 15 is 0 Å². The minimum absolute atomic E-state index is 0.228. The SMILES string of the molecule is CCOC(=O)C(N)Cc1ncc(-c2ccccc2)o1. The molecule has 1 unspecified atom stereocenters. The first-order valence-corrected chi connectivity index (χ1v) is 6.13. The molecule has 0 aliphatic rings. The summed E-state index contributed by atoms with van der Waals surface area (Å²) in [6.07, 6.45) is 1.86. The number of ether oxygens (including phenoxy) is 1. The number of esters is 1. The van der Waals surface area contributed by atoms with Crippen LogP contribution in [0.15, 0.2) is 40.9 Å². The van der Waals surface area contributed by atoms with Gasteiger partial charge in [-0.25, -0.2) is 4.98 Å². The summed E-state index contributed by atoms with van der Waals surface area (Å²) in [6, 6.07) is 8.87. The molecule has 1 atom stereocenters. The van der Waals surface area contributed by atoms with Crippen LogP contribution in [0.1, 0.15) is 12.8 Å². The number of carbonyl (C=O) groups is 1. The molecule has 0 aliphatic carbocycles. The number of aromatic nitrogens is 1. The molecule has 19 heavy (non-hydrogen) atoms. The molecule has 5 nitrogen and oxygen atoms in total. The first-order valence-electron chi connectivity index (χ1n) is 6.13. The zero-order valence-electron chi connectivity index (χ0n) is 10.7. The third-order valence-electron chi connectivity index (χ3n) is 2.60. The van der Waals surface area contributed by atoms with Gasteiger partial charge in [-0.15, -0.1) is 0 Å². The molecule has 0 spiro atoms. The van der Waals surface area contributed by atoms with Gasteiger partial charge in [0.25, 0.3) is 0 Å². The third-order valence-corrected chi connectivity index (χ3v) is 2.60. The van der Waals surface area contributed by atoms with Crippen molar-refractivity contribution in [1.29, 1.82) is 0 Å². The average molecular weight is 260 g/mol. The molecule has 2 rings (SSSR count). The van der Waals surface area contributed by atoms with Crippen molar-refractivity contribution in [3.05, 3.63) is 42.4 Å². The predicted molar refractivity (Wildman–Crippen MR) is 70.3 cm³/mol. The Labute approximate surface area is 111 Å². The number of carbonyl (C=O) groups excluding carboxylic acids is 1. The molecule has 1 heterocycles. The molecular weight excluding hydrogens is 244 g/mol. The third kappa shape index (κ3) is 3.42. The number of hydrogen-bond donors (Lipinski definition) is 1. The summed E-state index contributed by atoms with van der Waals surface area (Å²) >= 11 is 0. The number of hydrogen-bond acceptors (Lipinski definition) is 5. The second-order valence-electron chi connectivity index (χ2n) is 4.05. The molecule has 0 aliphatic heterocycles. The van der Waals surface area contributed by atoms with E-state index in [-0.39, 0.29) is 6.42 Å². The van der Waals surface area contributed by atoms with E-state index in [4.69, 9.17) is 14.9 Å². The molecule has 5 heteroatoms. The smallest absolute Gasteiger partial charge is 0.323 e. The largest absolute Gasteiger partial charge is 0.465 e. The van der Waals surface area contributed by atoms with E-state index < -0.39 is 12.0 Å². The van der Waals surface area contributed by atoms with E-state index in [1.807, 2.05) is 30.3 Å². The van der Waals surface area contributed by atoms with Gasteiger partial charge in [-0.05, 0) is 6.92 Å².